The topological polar surface area (TPSA) is 90.6 Å². The van der Waals surface area contributed by atoms with Crippen LogP contribution in [0, 0.1) is 0 Å². The third-order valence-corrected chi connectivity index (χ3v) is 6.27. The highest BCUT2D eigenvalue weighted by molar-refractivity contribution is 7.92. The molecular weight excluding hydrogens is 328 g/mol. The SMILES string of the molecule is O=C(O)c1ccc2oc3cc([S+]([O-])C4CCC4)ccc3c(=O)c2c1. The zero-order valence-electron chi connectivity index (χ0n) is 12.7. The lowest BCUT2D eigenvalue weighted by atomic mass is 10.00. The first kappa shape index (κ1) is 15.2. The van der Waals surface area contributed by atoms with E-state index in [1.54, 1.807) is 18.2 Å². The summed E-state index contributed by atoms with van der Waals surface area (Å²) in [6.07, 6.45) is 3.03. The summed E-state index contributed by atoms with van der Waals surface area (Å²) in [6, 6.07) is 9.17. The van der Waals surface area contributed by atoms with E-state index in [1.165, 1.54) is 18.2 Å². The van der Waals surface area contributed by atoms with Gasteiger partial charge in [0, 0.05) is 6.07 Å². The van der Waals surface area contributed by atoms with Crippen LogP contribution < -0.4 is 5.43 Å². The van der Waals surface area contributed by atoms with Crippen LogP contribution in [0.15, 0.2) is 50.5 Å². The second-order valence-corrected chi connectivity index (χ2v) is 7.69. The maximum absolute atomic E-state index is 12.6. The molecule has 5 nitrogen and oxygen atoms in total. The van der Waals surface area contributed by atoms with Crippen molar-refractivity contribution >= 4 is 39.1 Å². The summed E-state index contributed by atoms with van der Waals surface area (Å²) in [5.41, 5.74) is 0.456. The van der Waals surface area contributed by atoms with Crippen LogP contribution in [0.5, 0.6) is 0 Å². The van der Waals surface area contributed by atoms with Gasteiger partial charge in [-0.1, -0.05) is 0 Å². The predicted octanol–water partition coefficient (Wildman–Crippen LogP) is 3.30. The number of hydrogen-bond donors (Lipinski definition) is 1. The van der Waals surface area contributed by atoms with E-state index in [4.69, 9.17) is 9.52 Å². The molecule has 1 unspecified atom stereocenters. The Bertz CT molecular complexity index is 1020. The van der Waals surface area contributed by atoms with Crippen molar-refractivity contribution in [3.8, 4) is 0 Å². The Balaban J connectivity index is 1.88. The molecule has 0 amide bonds. The van der Waals surface area contributed by atoms with Crippen LogP contribution >= 0.6 is 0 Å². The van der Waals surface area contributed by atoms with Gasteiger partial charge in [0.05, 0.1) is 16.3 Å². The van der Waals surface area contributed by atoms with E-state index in [0.717, 1.165) is 19.3 Å². The summed E-state index contributed by atoms with van der Waals surface area (Å²) in [4.78, 5) is 24.4. The maximum Gasteiger partial charge on any atom is 0.335 e. The molecule has 0 aliphatic heterocycles. The van der Waals surface area contributed by atoms with Gasteiger partial charge in [0.2, 0.25) is 5.43 Å². The van der Waals surface area contributed by atoms with E-state index >= 15 is 0 Å². The minimum atomic E-state index is -1.09. The molecule has 2 aromatic carbocycles. The van der Waals surface area contributed by atoms with Crippen molar-refractivity contribution in [2.45, 2.75) is 29.4 Å². The summed E-state index contributed by atoms with van der Waals surface area (Å²) < 4.78 is 18.2. The van der Waals surface area contributed by atoms with Crippen LogP contribution in [0.1, 0.15) is 29.6 Å². The second-order valence-electron chi connectivity index (χ2n) is 5.96. The molecule has 1 N–H and O–H groups in total. The van der Waals surface area contributed by atoms with Crippen molar-refractivity contribution in [3.63, 3.8) is 0 Å². The van der Waals surface area contributed by atoms with Crippen LogP contribution in [0.25, 0.3) is 21.9 Å². The predicted molar refractivity (Wildman–Crippen MR) is 91.0 cm³/mol. The Morgan fingerprint density at radius 1 is 1.12 bits per heavy atom. The van der Waals surface area contributed by atoms with Gasteiger partial charge in [-0.2, -0.15) is 0 Å². The van der Waals surface area contributed by atoms with E-state index in [1.807, 2.05) is 0 Å². The van der Waals surface area contributed by atoms with E-state index in [-0.39, 0.29) is 21.6 Å². The Kier molecular flexibility index (Phi) is 3.58. The molecule has 1 saturated carbocycles. The maximum atomic E-state index is 12.6. The smallest absolute Gasteiger partial charge is 0.335 e. The molecule has 1 atom stereocenters. The molecule has 1 heterocycles. The lowest BCUT2D eigenvalue weighted by molar-refractivity contribution is 0.0697. The number of aromatic carboxylic acids is 1. The minimum absolute atomic E-state index is 0.0388. The molecule has 0 saturated heterocycles. The normalized spacial score (nSPS) is 16.2. The fourth-order valence-electron chi connectivity index (χ4n) is 2.87. The first-order chi connectivity index (χ1) is 11.5. The third-order valence-electron chi connectivity index (χ3n) is 4.48. The Hall–Kier alpha value is -2.31. The molecule has 1 fully saturated rings. The van der Waals surface area contributed by atoms with Crippen molar-refractivity contribution in [3.05, 3.63) is 52.2 Å². The van der Waals surface area contributed by atoms with E-state index in [0.29, 0.717) is 21.4 Å². The molecule has 0 bridgehead atoms. The summed E-state index contributed by atoms with van der Waals surface area (Å²) >= 11 is -1.09. The number of hydrogen-bond acceptors (Lipinski definition) is 4. The molecule has 3 aromatic rings. The number of carbonyl (C=O) groups is 1. The monoisotopic (exact) mass is 342 g/mol. The van der Waals surface area contributed by atoms with Crippen molar-refractivity contribution in [1.29, 1.82) is 0 Å². The fourth-order valence-corrected chi connectivity index (χ4v) is 4.44. The van der Waals surface area contributed by atoms with E-state index < -0.39 is 17.1 Å². The Morgan fingerprint density at radius 3 is 2.58 bits per heavy atom. The zero-order chi connectivity index (χ0) is 16.8. The average molecular weight is 342 g/mol. The van der Waals surface area contributed by atoms with Gasteiger partial charge < -0.3 is 14.1 Å². The van der Waals surface area contributed by atoms with Crippen LogP contribution in [-0.2, 0) is 11.2 Å². The number of carboxylic acid groups (broad SMARTS) is 1. The first-order valence-corrected chi connectivity index (χ1v) is 8.90. The molecule has 122 valence electrons. The fraction of sp³-hybridized carbons (Fsp3) is 0.222. The van der Waals surface area contributed by atoms with Gasteiger partial charge in [-0.05, 0) is 60.8 Å². The van der Waals surface area contributed by atoms with Crippen LogP contribution in [0.4, 0.5) is 0 Å². The molecule has 4 rings (SSSR count). The van der Waals surface area contributed by atoms with Gasteiger partial charge in [-0.3, -0.25) is 4.79 Å². The van der Waals surface area contributed by atoms with Gasteiger partial charge in [-0.25, -0.2) is 4.79 Å². The van der Waals surface area contributed by atoms with Crippen molar-refractivity contribution in [1.82, 2.24) is 0 Å². The largest absolute Gasteiger partial charge is 0.611 e. The number of carboxylic acids is 1. The molecule has 1 aliphatic carbocycles. The standard InChI is InChI=1S/C18H14O5S/c19-17-13-6-5-12(24(22)11-2-1-3-11)9-16(13)23-15-7-4-10(18(20)21)8-14(15)17/h4-9,11H,1-3H2,(H,20,21). The highest BCUT2D eigenvalue weighted by atomic mass is 32.2. The van der Waals surface area contributed by atoms with Gasteiger partial charge in [0.15, 0.2) is 4.90 Å². The Morgan fingerprint density at radius 2 is 1.92 bits per heavy atom. The highest BCUT2D eigenvalue weighted by Gasteiger charge is 2.31. The quantitative estimate of drug-likeness (QED) is 0.582. The lowest BCUT2D eigenvalue weighted by Crippen LogP contribution is -2.28. The van der Waals surface area contributed by atoms with Crippen molar-refractivity contribution in [2.75, 3.05) is 0 Å². The number of benzene rings is 2. The van der Waals surface area contributed by atoms with Crippen LogP contribution in [-0.4, -0.2) is 20.9 Å². The molecule has 0 spiro atoms. The Labute approximate surface area is 140 Å². The summed E-state index contributed by atoms with van der Waals surface area (Å²) in [5.74, 6) is -1.09. The van der Waals surface area contributed by atoms with Gasteiger partial charge in [-0.15, -0.1) is 0 Å². The minimum Gasteiger partial charge on any atom is -0.611 e. The lowest BCUT2D eigenvalue weighted by Gasteiger charge is -2.27. The van der Waals surface area contributed by atoms with Gasteiger partial charge in [0.1, 0.15) is 16.4 Å². The van der Waals surface area contributed by atoms with Gasteiger partial charge in [0.25, 0.3) is 0 Å². The molecule has 0 radical (unpaired) electrons. The second kappa shape index (κ2) is 5.65. The molecule has 1 aromatic heterocycles. The zero-order valence-corrected chi connectivity index (χ0v) is 13.5. The molecule has 1 aliphatic rings. The summed E-state index contributed by atoms with van der Waals surface area (Å²) in [6.45, 7) is 0. The number of rotatable bonds is 3. The van der Waals surface area contributed by atoms with Crippen molar-refractivity contribution in [2.24, 2.45) is 0 Å². The van der Waals surface area contributed by atoms with E-state index in [2.05, 4.69) is 0 Å². The highest BCUT2D eigenvalue weighted by Crippen LogP contribution is 2.32. The number of fused-ring (bicyclic) bond motifs is 2. The van der Waals surface area contributed by atoms with Crippen LogP contribution in [0.2, 0.25) is 0 Å². The summed E-state index contributed by atoms with van der Waals surface area (Å²) in [7, 11) is 0. The molecule has 6 heteroatoms. The summed E-state index contributed by atoms with van der Waals surface area (Å²) in [5, 5.41) is 9.84. The average Bonchev–Trinajstić information content (AvgIpc) is 2.52. The van der Waals surface area contributed by atoms with E-state index in [9.17, 15) is 14.1 Å². The van der Waals surface area contributed by atoms with Crippen molar-refractivity contribution < 1.29 is 18.9 Å². The first-order valence-electron chi connectivity index (χ1n) is 7.69. The van der Waals surface area contributed by atoms with Crippen LogP contribution in [0.3, 0.4) is 0 Å². The molecular formula is C18H14O5S. The van der Waals surface area contributed by atoms with Gasteiger partial charge >= 0.3 is 5.97 Å². The molecule has 24 heavy (non-hydrogen) atoms. The third kappa shape index (κ3) is 2.39.